The lowest BCUT2D eigenvalue weighted by atomic mass is 10.1. The third-order valence-corrected chi connectivity index (χ3v) is 1.89. The third-order valence-electron chi connectivity index (χ3n) is 1.89. The Kier molecular flexibility index (Phi) is 3.41. The Labute approximate surface area is 92.0 Å². The van der Waals surface area contributed by atoms with Crippen molar-refractivity contribution in [3.05, 3.63) is 41.0 Å². The molecule has 0 unspecified atom stereocenters. The molecule has 0 spiro atoms. The minimum atomic E-state index is -0.790. The van der Waals surface area contributed by atoms with Gasteiger partial charge in [0.15, 0.2) is 0 Å². The smallest absolute Gasteiger partial charge is 0.259 e. The van der Waals surface area contributed by atoms with E-state index in [1.807, 2.05) is 0 Å². The maximum atomic E-state index is 10.8. The van der Waals surface area contributed by atoms with E-state index in [-0.39, 0.29) is 5.57 Å². The molecule has 0 aliphatic heterocycles. The van der Waals surface area contributed by atoms with Crippen molar-refractivity contribution in [1.82, 2.24) is 0 Å². The van der Waals surface area contributed by atoms with Crippen LogP contribution in [0.2, 0.25) is 0 Å². The van der Waals surface area contributed by atoms with Crippen molar-refractivity contribution < 1.29 is 9.59 Å². The molecule has 0 aliphatic rings. The fraction of sp³-hybridized carbons (Fsp3) is 0. The minimum Gasteiger partial charge on any atom is -0.366 e. The van der Waals surface area contributed by atoms with Crippen LogP contribution in [0.3, 0.4) is 0 Å². The van der Waals surface area contributed by atoms with Crippen LogP contribution < -0.4 is 11.5 Å². The topological polar surface area (TPSA) is 110 Å². The molecule has 0 radical (unpaired) electrons. The number of nitrogens with zero attached hydrogens (tertiary/aromatic N) is 1. The zero-order chi connectivity index (χ0) is 12.1. The lowest BCUT2D eigenvalue weighted by Gasteiger charge is -1.97. The molecule has 5 heteroatoms. The molecule has 0 aliphatic carbocycles. The Morgan fingerprint density at radius 1 is 1.19 bits per heavy atom. The van der Waals surface area contributed by atoms with Gasteiger partial charge in [0.1, 0.15) is 11.6 Å². The van der Waals surface area contributed by atoms with Crippen LogP contribution in [0.15, 0.2) is 29.8 Å². The lowest BCUT2D eigenvalue weighted by Crippen LogP contribution is -2.12. The highest BCUT2D eigenvalue weighted by Gasteiger charge is 2.03. The van der Waals surface area contributed by atoms with Crippen LogP contribution in [-0.2, 0) is 4.79 Å². The summed E-state index contributed by atoms with van der Waals surface area (Å²) >= 11 is 0. The number of rotatable bonds is 3. The molecular formula is C11H9N3O2. The van der Waals surface area contributed by atoms with Gasteiger partial charge in [-0.3, -0.25) is 9.59 Å². The first kappa shape index (κ1) is 11.5. The normalized spacial score (nSPS) is 10.6. The predicted octanol–water partition coefficient (Wildman–Crippen LogP) is 0.178. The zero-order valence-electron chi connectivity index (χ0n) is 8.31. The molecular weight excluding hydrogens is 206 g/mol. The van der Waals surface area contributed by atoms with E-state index < -0.39 is 11.8 Å². The largest absolute Gasteiger partial charge is 0.366 e. The predicted molar refractivity (Wildman–Crippen MR) is 57.7 cm³/mol. The summed E-state index contributed by atoms with van der Waals surface area (Å²) in [6, 6.07) is 7.83. The SMILES string of the molecule is N#CC(=Cc1ccc(C(N)=O)cc1)C(N)=O. The molecule has 0 aromatic heterocycles. The first-order chi connectivity index (χ1) is 7.54. The number of nitrogens with two attached hydrogens (primary N) is 2. The number of carbonyl (C=O) groups is 2. The number of benzene rings is 1. The van der Waals surface area contributed by atoms with Crippen molar-refractivity contribution in [3.8, 4) is 6.07 Å². The number of carbonyl (C=O) groups excluding carboxylic acids is 2. The van der Waals surface area contributed by atoms with Crippen LogP contribution in [0.5, 0.6) is 0 Å². The van der Waals surface area contributed by atoms with Gasteiger partial charge < -0.3 is 11.5 Å². The summed E-state index contributed by atoms with van der Waals surface area (Å²) in [6.07, 6.45) is 1.34. The zero-order valence-corrected chi connectivity index (χ0v) is 8.31. The van der Waals surface area contributed by atoms with Crippen LogP contribution in [0.25, 0.3) is 6.08 Å². The molecule has 0 saturated carbocycles. The average Bonchev–Trinajstić information content (AvgIpc) is 2.26. The Bertz CT molecular complexity index is 495. The summed E-state index contributed by atoms with van der Waals surface area (Å²) in [5.74, 6) is -1.33. The van der Waals surface area contributed by atoms with Gasteiger partial charge in [-0.25, -0.2) is 0 Å². The molecule has 0 saturated heterocycles. The fourth-order valence-corrected chi connectivity index (χ4v) is 1.07. The molecule has 0 atom stereocenters. The van der Waals surface area contributed by atoms with E-state index in [1.54, 1.807) is 18.2 Å². The second-order valence-electron chi connectivity index (χ2n) is 3.02. The number of hydrogen-bond donors (Lipinski definition) is 2. The van der Waals surface area contributed by atoms with Crippen molar-refractivity contribution >= 4 is 17.9 Å². The molecule has 2 amide bonds. The van der Waals surface area contributed by atoms with Gasteiger partial charge in [-0.2, -0.15) is 5.26 Å². The van der Waals surface area contributed by atoms with Gasteiger partial charge in [-0.1, -0.05) is 12.1 Å². The van der Waals surface area contributed by atoms with Gasteiger partial charge in [0.25, 0.3) is 5.91 Å². The highest BCUT2D eigenvalue weighted by molar-refractivity contribution is 6.00. The first-order valence-corrected chi connectivity index (χ1v) is 4.36. The van der Waals surface area contributed by atoms with E-state index >= 15 is 0 Å². The second kappa shape index (κ2) is 4.75. The summed E-state index contributed by atoms with van der Waals surface area (Å²) in [5, 5.41) is 8.61. The molecule has 16 heavy (non-hydrogen) atoms. The van der Waals surface area contributed by atoms with Crippen LogP contribution >= 0.6 is 0 Å². The van der Waals surface area contributed by atoms with Crippen molar-refractivity contribution in [1.29, 1.82) is 5.26 Å². The summed E-state index contributed by atoms with van der Waals surface area (Å²) < 4.78 is 0. The second-order valence-corrected chi connectivity index (χ2v) is 3.02. The first-order valence-electron chi connectivity index (χ1n) is 4.36. The van der Waals surface area contributed by atoms with Gasteiger partial charge in [0.05, 0.1) is 0 Å². The molecule has 1 rings (SSSR count). The molecule has 0 heterocycles. The number of amides is 2. The molecule has 0 bridgehead atoms. The molecule has 5 nitrogen and oxygen atoms in total. The van der Waals surface area contributed by atoms with Crippen molar-refractivity contribution in [3.63, 3.8) is 0 Å². The van der Waals surface area contributed by atoms with E-state index in [1.165, 1.54) is 18.2 Å². The Morgan fingerprint density at radius 3 is 2.12 bits per heavy atom. The fourth-order valence-electron chi connectivity index (χ4n) is 1.07. The van der Waals surface area contributed by atoms with Crippen molar-refractivity contribution in [2.45, 2.75) is 0 Å². The van der Waals surface area contributed by atoms with E-state index in [0.29, 0.717) is 11.1 Å². The highest BCUT2D eigenvalue weighted by atomic mass is 16.1. The molecule has 80 valence electrons. The minimum absolute atomic E-state index is 0.146. The van der Waals surface area contributed by atoms with Gasteiger partial charge >= 0.3 is 0 Å². The molecule has 1 aromatic carbocycles. The van der Waals surface area contributed by atoms with E-state index in [4.69, 9.17) is 16.7 Å². The maximum absolute atomic E-state index is 10.8. The van der Waals surface area contributed by atoms with Crippen LogP contribution in [0, 0.1) is 11.3 Å². The monoisotopic (exact) mass is 215 g/mol. The number of hydrogen-bond acceptors (Lipinski definition) is 3. The lowest BCUT2D eigenvalue weighted by molar-refractivity contribution is -0.114. The Balaban J connectivity index is 3.04. The summed E-state index contributed by atoms with van der Waals surface area (Å²) in [5.41, 5.74) is 10.8. The third kappa shape index (κ3) is 2.69. The molecule has 1 aromatic rings. The van der Waals surface area contributed by atoms with Crippen LogP contribution in [-0.4, -0.2) is 11.8 Å². The van der Waals surface area contributed by atoms with Gasteiger partial charge in [0, 0.05) is 5.56 Å². The highest BCUT2D eigenvalue weighted by Crippen LogP contribution is 2.08. The van der Waals surface area contributed by atoms with Gasteiger partial charge in [-0.05, 0) is 23.8 Å². The van der Waals surface area contributed by atoms with Crippen LogP contribution in [0.4, 0.5) is 0 Å². The maximum Gasteiger partial charge on any atom is 0.259 e. The summed E-state index contributed by atoms with van der Waals surface area (Å²) in [4.78, 5) is 21.5. The quantitative estimate of drug-likeness (QED) is 0.554. The van der Waals surface area contributed by atoms with E-state index in [2.05, 4.69) is 0 Å². The average molecular weight is 215 g/mol. The van der Waals surface area contributed by atoms with Gasteiger partial charge in [0.2, 0.25) is 5.91 Å². The summed E-state index contributed by atoms with van der Waals surface area (Å²) in [6.45, 7) is 0. The molecule has 4 N–H and O–H groups in total. The van der Waals surface area contributed by atoms with Crippen LogP contribution in [0.1, 0.15) is 15.9 Å². The summed E-state index contributed by atoms with van der Waals surface area (Å²) in [7, 11) is 0. The number of primary amides is 2. The number of nitriles is 1. The Morgan fingerprint density at radius 2 is 1.75 bits per heavy atom. The van der Waals surface area contributed by atoms with Crippen molar-refractivity contribution in [2.75, 3.05) is 0 Å². The van der Waals surface area contributed by atoms with E-state index in [0.717, 1.165) is 0 Å². The van der Waals surface area contributed by atoms with Crippen molar-refractivity contribution in [2.24, 2.45) is 11.5 Å². The van der Waals surface area contributed by atoms with E-state index in [9.17, 15) is 9.59 Å². The Hall–Kier alpha value is -2.61. The molecule has 0 fully saturated rings. The standard InChI is InChI=1S/C11H9N3O2/c12-6-9(11(14)16)5-7-1-3-8(4-2-7)10(13)15/h1-5H,(H2,13,15)(H2,14,16). The van der Waals surface area contributed by atoms with Gasteiger partial charge in [-0.15, -0.1) is 0 Å².